The first-order valence-corrected chi connectivity index (χ1v) is 7.31. The van der Waals surface area contributed by atoms with Crippen molar-refractivity contribution in [3.8, 4) is 0 Å². The molecule has 0 heterocycles. The van der Waals surface area contributed by atoms with Gasteiger partial charge in [0.05, 0.1) is 0 Å². The Morgan fingerprint density at radius 1 is 1.05 bits per heavy atom. The SMILES string of the molecule is C[C@H](CCc1ccccc1)N[C@H](C(N)=O)c1ccccc1. The number of benzene rings is 2. The molecule has 0 unspecified atom stereocenters. The van der Waals surface area contributed by atoms with Gasteiger partial charge < -0.3 is 5.73 Å². The number of carbonyl (C=O) groups is 1. The first kappa shape index (κ1) is 15.3. The van der Waals surface area contributed by atoms with Gasteiger partial charge in [-0.25, -0.2) is 0 Å². The third-order valence-corrected chi connectivity index (χ3v) is 3.58. The largest absolute Gasteiger partial charge is 0.368 e. The summed E-state index contributed by atoms with van der Waals surface area (Å²) in [5.41, 5.74) is 7.74. The van der Waals surface area contributed by atoms with Gasteiger partial charge in [0, 0.05) is 6.04 Å². The first-order chi connectivity index (χ1) is 10.2. The number of hydrogen-bond acceptors (Lipinski definition) is 2. The number of nitrogens with two attached hydrogens (primary N) is 1. The Morgan fingerprint density at radius 2 is 1.62 bits per heavy atom. The molecule has 0 aliphatic carbocycles. The molecule has 0 fully saturated rings. The van der Waals surface area contributed by atoms with E-state index in [0.717, 1.165) is 18.4 Å². The molecule has 3 heteroatoms. The minimum atomic E-state index is -0.433. The number of carbonyl (C=O) groups excluding carboxylic acids is 1. The van der Waals surface area contributed by atoms with E-state index in [1.165, 1.54) is 5.56 Å². The maximum Gasteiger partial charge on any atom is 0.239 e. The monoisotopic (exact) mass is 282 g/mol. The molecular formula is C18H22N2O. The molecule has 1 amide bonds. The summed E-state index contributed by atoms with van der Waals surface area (Å²) in [5, 5.41) is 3.33. The van der Waals surface area contributed by atoms with Crippen LogP contribution < -0.4 is 11.1 Å². The van der Waals surface area contributed by atoms with Crippen LogP contribution in [-0.4, -0.2) is 11.9 Å². The highest BCUT2D eigenvalue weighted by Crippen LogP contribution is 2.14. The molecule has 0 aliphatic heterocycles. The second kappa shape index (κ2) is 7.60. The third kappa shape index (κ3) is 4.72. The van der Waals surface area contributed by atoms with Crippen LogP contribution in [0.3, 0.4) is 0 Å². The molecule has 0 spiro atoms. The number of primary amides is 1. The topological polar surface area (TPSA) is 55.1 Å². The fraction of sp³-hybridized carbons (Fsp3) is 0.278. The summed E-state index contributed by atoms with van der Waals surface area (Å²) in [4.78, 5) is 11.7. The molecule has 3 N–H and O–H groups in total. The van der Waals surface area contributed by atoms with Crippen LogP contribution in [0.15, 0.2) is 60.7 Å². The fourth-order valence-electron chi connectivity index (χ4n) is 2.38. The molecule has 2 atom stereocenters. The molecule has 2 aromatic rings. The Kier molecular flexibility index (Phi) is 5.52. The van der Waals surface area contributed by atoms with Crippen LogP contribution in [0.2, 0.25) is 0 Å². The van der Waals surface area contributed by atoms with Crippen molar-refractivity contribution in [3.05, 3.63) is 71.8 Å². The lowest BCUT2D eigenvalue weighted by Gasteiger charge is -2.21. The lowest BCUT2D eigenvalue weighted by atomic mass is 10.0. The Hall–Kier alpha value is -2.13. The van der Waals surface area contributed by atoms with Gasteiger partial charge in [0.2, 0.25) is 5.91 Å². The Bertz CT molecular complexity index is 554. The predicted octanol–water partition coefficient (Wildman–Crippen LogP) is 2.82. The zero-order valence-corrected chi connectivity index (χ0v) is 12.3. The number of rotatable bonds is 7. The van der Waals surface area contributed by atoms with Crippen molar-refractivity contribution in [1.29, 1.82) is 0 Å². The summed E-state index contributed by atoms with van der Waals surface area (Å²) in [6, 6.07) is 19.7. The maximum absolute atomic E-state index is 11.7. The Morgan fingerprint density at radius 3 is 2.19 bits per heavy atom. The van der Waals surface area contributed by atoms with Crippen LogP contribution in [0.4, 0.5) is 0 Å². The van der Waals surface area contributed by atoms with E-state index in [4.69, 9.17) is 5.73 Å². The van der Waals surface area contributed by atoms with E-state index >= 15 is 0 Å². The second-order valence-corrected chi connectivity index (χ2v) is 5.34. The number of aryl methyl sites for hydroxylation is 1. The fourth-order valence-corrected chi connectivity index (χ4v) is 2.38. The van der Waals surface area contributed by atoms with Gasteiger partial charge in [-0.05, 0) is 30.9 Å². The normalized spacial score (nSPS) is 13.6. The van der Waals surface area contributed by atoms with Crippen LogP contribution in [0.1, 0.15) is 30.5 Å². The lowest BCUT2D eigenvalue weighted by molar-refractivity contribution is -0.120. The highest BCUT2D eigenvalue weighted by atomic mass is 16.1. The zero-order valence-electron chi connectivity index (χ0n) is 12.3. The van der Waals surface area contributed by atoms with Gasteiger partial charge in [-0.2, -0.15) is 0 Å². The van der Waals surface area contributed by atoms with Crippen LogP contribution in [0, 0.1) is 0 Å². The average Bonchev–Trinajstić information content (AvgIpc) is 2.52. The van der Waals surface area contributed by atoms with Crippen molar-refractivity contribution in [1.82, 2.24) is 5.32 Å². The van der Waals surface area contributed by atoms with Crippen LogP contribution in [0.25, 0.3) is 0 Å². The summed E-state index contributed by atoms with van der Waals surface area (Å²) in [6.07, 6.45) is 1.94. The van der Waals surface area contributed by atoms with Crippen molar-refractivity contribution in [2.24, 2.45) is 5.73 Å². The molecule has 0 saturated heterocycles. The number of hydrogen-bond donors (Lipinski definition) is 2. The molecule has 2 aromatic carbocycles. The molecule has 0 aliphatic rings. The molecule has 0 bridgehead atoms. The van der Waals surface area contributed by atoms with Crippen molar-refractivity contribution in [2.45, 2.75) is 31.8 Å². The average molecular weight is 282 g/mol. The van der Waals surface area contributed by atoms with E-state index in [0.29, 0.717) is 0 Å². The zero-order chi connectivity index (χ0) is 15.1. The van der Waals surface area contributed by atoms with Gasteiger partial charge >= 0.3 is 0 Å². The first-order valence-electron chi connectivity index (χ1n) is 7.31. The van der Waals surface area contributed by atoms with E-state index in [9.17, 15) is 4.79 Å². The Balaban J connectivity index is 1.93. The summed E-state index contributed by atoms with van der Waals surface area (Å²) in [5.74, 6) is -0.340. The smallest absolute Gasteiger partial charge is 0.239 e. The second-order valence-electron chi connectivity index (χ2n) is 5.34. The van der Waals surface area contributed by atoms with Gasteiger partial charge in [-0.1, -0.05) is 60.7 Å². The summed E-state index contributed by atoms with van der Waals surface area (Å²) >= 11 is 0. The van der Waals surface area contributed by atoms with E-state index in [2.05, 4.69) is 24.4 Å². The van der Waals surface area contributed by atoms with Crippen molar-refractivity contribution in [2.75, 3.05) is 0 Å². The third-order valence-electron chi connectivity index (χ3n) is 3.58. The van der Waals surface area contributed by atoms with E-state index < -0.39 is 6.04 Å². The van der Waals surface area contributed by atoms with Crippen molar-refractivity contribution >= 4 is 5.91 Å². The molecule has 0 radical (unpaired) electrons. The number of amides is 1. The molecule has 2 rings (SSSR count). The van der Waals surface area contributed by atoms with Gasteiger partial charge in [0.1, 0.15) is 6.04 Å². The summed E-state index contributed by atoms with van der Waals surface area (Å²) in [7, 11) is 0. The van der Waals surface area contributed by atoms with Gasteiger partial charge in [-0.15, -0.1) is 0 Å². The molecule has 0 aromatic heterocycles. The van der Waals surface area contributed by atoms with E-state index in [-0.39, 0.29) is 11.9 Å². The molecular weight excluding hydrogens is 260 g/mol. The van der Waals surface area contributed by atoms with E-state index in [1.54, 1.807) is 0 Å². The van der Waals surface area contributed by atoms with Crippen LogP contribution >= 0.6 is 0 Å². The minimum Gasteiger partial charge on any atom is -0.368 e. The molecule has 0 saturated carbocycles. The molecule has 21 heavy (non-hydrogen) atoms. The lowest BCUT2D eigenvalue weighted by Crippen LogP contribution is -2.38. The standard InChI is InChI=1S/C18H22N2O/c1-14(12-13-15-8-4-2-5-9-15)20-17(18(19)21)16-10-6-3-7-11-16/h2-11,14,17,20H,12-13H2,1H3,(H2,19,21)/t14-,17+/m1/s1. The summed E-state index contributed by atoms with van der Waals surface area (Å²) < 4.78 is 0. The highest BCUT2D eigenvalue weighted by molar-refractivity contribution is 5.81. The molecule has 110 valence electrons. The van der Waals surface area contributed by atoms with Crippen LogP contribution in [-0.2, 0) is 11.2 Å². The highest BCUT2D eigenvalue weighted by Gasteiger charge is 2.19. The van der Waals surface area contributed by atoms with E-state index in [1.807, 2.05) is 48.5 Å². The minimum absolute atomic E-state index is 0.211. The van der Waals surface area contributed by atoms with Crippen molar-refractivity contribution < 1.29 is 4.79 Å². The maximum atomic E-state index is 11.7. The van der Waals surface area contributed by atoms with Crippen molar-refractivity contribution in [3.63, 3.8) is 0 Å². The van der Waals surface area contributed by atoms with Crippen LogP contribution in [0.5, 0.6) is 0 Å². The van der Waals surface area contributed by atoms with Gasteiger partial charge in [0.15, 0.2) is 0 Å². The molecule has 3 nitrogen and oxygen atoms in total. The quantitative estimate of drug-likeness (QED) is 0.820. The predicted molar refractivity (Wildman–Crippen MR) is 85.7 cm³/mol. The van der Waals surface area contributed by atoms with Gasteiger partial charge in [-0.3, -0.25) is 10.1 Å². The summed E-state index contributed by atoms with van der Waals surface area (Å²) in [6.45, 7) is 2.09. The van der Waals surface area contributed by atoms with Gasteiger partial charge in [0.25, 0.3) is 0 Å². The Labute approximate surface area is 126 Å². The number of nitrogens with one attached hydrogen (secondary N) is 1.